The van der Waals surface area contributed by atoms with Crippen LogP contribution in [0, 0.1) is 5.41 Å². The van der Waals surface area contributed by atoms with Crippen molar-refractivity contribution < 1.29 is 0 Å². The summed E-state index contributed by atoms with van der Waals surface area (Å²) in [6, 6.07) is 0.592. The van der Waals surface area contributed by atoms with Gasteiger partial charge in [-0.3, -0.25) is 4.90 Å². The fraction of sp³-hybridized carbons (Fsp3) is 0.824. The van der Waals surface area contributed by atoms with Crippen LogP contribution in [-0.2, 0) is 6.54 Å². The highest BCUT2D eigenvalue weighted by Gasteiger charge is 2.43. The number of piperazine rings is 1. The average Bonchev–Trinajstić information content (AvgIpc) is 2.91. The molecule has 1 aromatic heterocycles. The van der Waals surface area contributed by atoms with Crippen molar-refractivity contribution in [2.75, 3.05) is 13.1 Å². The van der Waals surface area contributed by atoms with E-state index in [1.807, 2.05) is 6.20 Å². The van der Waals surface area contributed by atoms with E-state index < -0.39 is 0 Å². The summed E-state index contributed by atoms with van der Waals surface area (Å²) in [4.78, 5) is 7.23. The maximum Gasteiger partial charge on any atom is 0.107 e. The van der Waals surface area contributed by atoms with Crippen LogP contribution in [0.2, 0.25) is 0 Å². The van der Waals surface area contributed by atoms with Crippen LogP contribution in [0.4, 0.5) is 0 Å². The first-order valence-electron chi connectivity index (χ1n) is 8.36. The van der Waals surface area contributed by atoms with Gasteiger partial charge in [0.15, 0.2) is 0 Å². The van der Waals surface area contributed by atoms with E-state index in [-0.39, 0.29) is 0 Å². The third-order valence-electron chi connectivity index (χ3n) is 5.25. The van der Waals surface area contributed by atoms with Crippen molar-refractivity contribution in [2.45, 2.75) is 71.0 Å². The first-order valence-corrected chi connectivity index (χ1v) is 9.24. The van der Waals surface area contributed by atoms with Crippen LogP contribution in [0.1, 0.15) is 57.9 Å². The van der Waals surface area contributed by atoms with Gasteiger partial charge < -0.3 is 5.32 Å². The third kappa shape index (κ3) is 3.49. The van der Waals surface area contributed by atoms with Crippen molar-refractivity contribution >= 4 is 11.3 Å². The van der Waals surface area contributed by atoms with Crippen molar-refractivity contribution in [2.24, 2.45) is 5.41 Å². The predicted molar refractivity (Wildman–Crippen MR) is 89.6 cm³/mol. The van der Waals surface area contributed by atoms with Crippen LogP contribution in [0.3, 0.4) is 0 Å². The largest absolute Gasteiger partial charge is 0.308 e. The van der Waals surface area contributed by atoms with Crippen LogP contribution in [-0.4, -0.2) is 34.6 Å². The molecule has 0 bridgehead atoms. The SMILES string of the molecule is CC(C)(C)C1CNC2(CCCCC2)CN1Cc1nccs1. The molecule has 0 radical (unpaired) electrons. The first-order chi connectivity index (χ1) is 9.99. The summed E-state index contributed by atoms with van der Waals surface area (Å²) < 4.78 is 0. The van der Waals surface area contributed by atoms with Gasteiger partial charge in [0.05, 0.1) is 6.54 Å². The van der Waals surface area contributed by atoms with Gasteiger partial charge >= 0.3 is 0 Å². The zero-order chi connectivity index (χ0) is 14.9. The van der Waals surface area contributed by atoms with Crippen LogP contribution in [0.15, 0.2) is 11.6 Å². The smallest absolute Gasteiger partial charge is 0.107 e. The molecule has 1 saturated heterocycles. The second-order valence-electron chi connectivity index (χ2n) is 7.93. The molecular formula is C17H29N3S. The van der Waals surface area contributed by atoms with E-state index in [1.54, 1.807) is 11.3 Å². The molecule has 1 unspecified atom stereocenters. The number of hydrogen-bond donors (Lipinski definition) is 1. The zero-order valence-corrected chi connectivity index (χ0v) is 14.5. The Morgan fingerprint density at radius 2 is 2.10 bits per heavy atom. The van der Waals surface area contributed by atoms with Gasteiger partial charge in [-0.1, -0.05) is 40.0 Å². The Balaban J connectivity index is 1.77. The Morgan fingerprint density at radius 1 is 1.33 bits per heavy atom. The van der Waals surface area contributed by atoms with Gasteiger partial charge in [-0.2, -0.15) is 0 Å². The number of hydrogen-bond acceptors (Lipinski definition) is 4. The van der Waals surface area contributed by atoms with Crippen molar-refractivity contribution in [1.29, 1.82) is 0 Å². The van der Waals surface area contributed by atoms with E-state index in [4.69, 9.17) is 0 Å². The maximum atomic E-state index is 4.52. The van der Waals surface area contributed by atoms with Crippen molar-refractivity contribution in [3.8, 4) is 0 Å². The zero-order valence-electron chi connectivity index (χ0n) is 13.7. The quantitative estimate of drug-likeness (QED) is 0.903. The van der Waals surface area contributed by atoms with Gasteiger partial charge in [-0.25, -0.2) is 4.98 Å². The van der Waals surface area contributed by atoms with Gasteiger partial charge in [0, 0.05) is 36.2 Å². The highest BCUT2D eigenvalue weighted by Crippen LogP contribution is 2.36. The van der Waals surface area contributed by atoms with Crippen LogP contribution < -0.4 is 5.32 Å². The van der Waals surface area contributed by atoms with Crippen LogP contribution in [0.25, 0.3) is 0 Å². The molecule has 3 nitrogen and oxygen atoms in total. The lowest BCUT2D eigenvalue weighted by atomic mass is 9.76. The monoisotopic (exact) mass is 307 g/mol. The molecule has 1 spiro atoms. The molecule has 1 aliphatic carbocycles. The van der Waals surface area contributed by atoms with Crippen LogP contribution in [0.5, 0.6) is 0 Å². The fourth-order valence-electron chi connectivity index (χ4n) is 4.09. The highest BCUT2D eigenvalue weighted by molar-refractivity contribution is 7.09. The summed E-state index contributed by atoms with van der Waals surface area (Å²) in [5.74, 6) is 0. The summed E-state index contributed by atoms with van der Waals surface area (Å²) in [7, 11) is 0. The van der Waals surface area contributed by atoms with Gasteiger partial charge in [-0.15, -0.1) is 11.3 Å². The van der Waals surface area contributed by atoms with Crippen molar-refractivity contribution in [1.82, 2.24) is 15.2 Å². The Labute approximate surface area is 133 Å². The lowest BCUT2D eigenvalue weighted by Gasteiger charge is -2.53. The summed E-state index contributed by atoms with van der Waals surface area (Å²) >= 11 is 1.79. The molecule has 1 aromatic rings. The van der Waals surface area contributed by atoms with Crippen LogP contribution >= 0.6 is 11.3 Å². The summed E-state index contributed by atoms with van der Waals surface area (Å²) in [5, 5.41) is 7.30. The maximum absolute atomic E-state index is 4.52. The second-order valence-corrected chi connectivity index (χ2v) is 8.91. The normalized spacial score (nSPS) is 27.1. The molecule has 4 heteroatoms. The Hall–Kier alpha value is -0.450. The van der Waals surface area contributed by atoms with E-state index >= 15 is 0 Å². The topological polar surface area (TPSA) is 28.2 Å². The van der Waals surface area contributed by atoms with E-state index in [9.17, 15) is 0 Å². The number of aromatic nitrogens is 1. The molecule has 1 N–H and O–H groups in total. The number of rotatable bonds is 2. The van der Waals surface area contributed by atoms with E-state index in [0.29, 0.717) is 17.0 Å². The highest BCUT2D eigenvalue weighted by atomic mass is 32.1. The van der Waals surface area contributed by atoms with Gasteiger partial charge in [-0.05, 0) is 18.3 Å². The minimum absolute atomic E-state index is 0.306. The molecule has 0 aromatic carbocycles. The standard InChI is InChI=1S/C17H29N3S/c1-16(2,3)14-11-19-17(7-5-4-6-8-17)13-20(14)12-15-18-9-10-21-15/h9-10,14,19H,4-8,11-13H2,1-3H3. The fourth-order valence-corrected chi connectivity index (χ4v) is 4.73. The molecule has 1 saturated carbocycles. The van der Waals surface area contributed by atoms with Crippen molar-refractivity contribution in [3.05, 3.63) is 16.6 Å². The Morgan fingerprint density at radius 3 is 2.71 bits per heavy atom. The predicted octanol–water partition coefficient (Wildman–Crippen LogP) is 3.67. The lowest BCUT2D eigenvalue weighted by Crippen LogP contribution is -2.66. The summed E-state index contributed by atoms with van der Waals surface area (Å²) in [6.07, 6.45) is 8.82. The Kier molecular flexibility index (Phi) is 4.40. The molecule has 2 aliphatic rings. The van der Waals surface area contributed by atoms with E-state index in [2.05, 4.69) is 41.4 Å². The Bertz CT molecular complexity index is 443. The van der Waals surface area contributed by atoms with Gasteiger partial charge in [0.25, 0.3) is 0 Å². The van der Waals surface area contributed by atoms with E-state index in [1.165, 1.54) is 43.7 Å². The van der Waals surface area contributed by atoms with Gasteiger partial charge in [0.2, 0.25) is 0 Å². The molecule has 1 atom stereocenters. The molecule has 0 amide bonds. The molecule has 1 aliphatic heterocycles. The van der Waals surface area contributed by atoms with Gasteiger partial charge in [0.1, 0.15) is 5.01 Å². The van der Waals surface area contributed by atoms with E-state index in [0.717, 1.165) is 13.1 Å². The molecule has 118 valence electrons. The number of nitrogens with zero attached hydrogens (tertiary/aromatic N) is 2. The molecule has 21 heavy (non-hydrogen) atoms. The first kappa shape index (κ1) is 15.4. The summed E-state index contributed by atoms with van der Waals surface area (Å²) in [6.45, 7) is 10.4. The average molecular weight is 308 g/mol. The lowest BCUT2D eigenvalue weighted by molar-refractivity contribution is 0.00305. The molecule has 3 rings (SSSR count). The number of nitrogens with one attached hydrogen (secondary N) is 1. The second kappa shape index (κ2) is 5.98. The minimum Gasteiger partial charge on any atom is -0.308 e. The van der Waals surface area contributed by atoms with Crippen molar-refractivity contribution in [3.63, 3.8) is 0 Å². The molecule has 2 heterocycles. The molecule has 2 fully saturated rings. The molecular weight excluding hydrogens is 278 g/mol. The third-order valence-corrected chi connectivity index (χ3v) is 6.01. The minimum atomic E-state index is 0.306. The summed E-state index contributed by atoms with van der Waals surface area (Å²) in [5.41, 5.74) is 0.678. The number of thiazole rings is 1.